The van der Waals surface area contributed by atoms with Crippen molar-refractivity contribution in [3.63, 3.8) is 0 Å². The van der Waals surface area contributed by atoms with E-state index in [0.717, 1.165) is 0 Å². The van der Waals surface area contributed by atoms with Crippen molar-refractivity contribution >= 4 is 15.7 Å². The number of carbonyl (C=O) groups is 1. The summed E-state index contributed by atoms with van der Waals surface area (Å²) in [5.74, 6) is -0.130. The molecule has 7 nitrogen and oxygen atoms in total. The number of nitrogens with zero attached hydrogens (tertiary/aromatic N) is 3. The molecule has 0 saturated carbocycles. The molecule has 96 valence electrons. The van der Waals surface area contributed by atoms with Gasteiger partial charge in [-0.05, 0) is 6.92 Å². The molecule has 0 aromatic carbocycles. The van der Waals surface area contributed by atoms with Crippen LogP contribution in [0, 0.1) is 4.78 Å². The third-order valence-corrected chi connectivity index (χ3v) is 2.91. The van der Waals surface area contributed by atoms with Gasteiger partial charge in [-0.15, -0.1) is 5.10 Å². The maximum atomic E-state index is 11.2. The van der Waals surface area contributed by atoms with Crippen molar-refractivity contribution < 1.29 is 13.7 Å². The summed E-state index contributed by atoms with van der Waals surface area (Å²) in [7, 11) is -2.51. The van der Waals surface area contributed by atoms with Gasteiger partial charge in [-0.1, -0.05) is 5.21 Å². The molecule has 0 spiro atoms. The van der Waals surface area contributed by atoms with Crippen LogP contribution in [0.5, 0.6) is 0 Å². The number of rotatable bonds is 6. The second-order valence-corrected chi connectivity index (χ2v) is 6.09. The predicted molar refractivity (Wildman–Crippen MR) is 62.0 cm³/mol. The van der Waals surface area contributed by atoms with Crippen LogP contribution in [0.15, 0.2) is 6.20 Å². The first-order chi connectivity index (χ1) is 7.90. The van der Waals surface area contributed by atoms with E-state index < -0.39 is 9.73 Å². The van der Waals surface area contributed by atoms with E-state index in [-0.39, 0.29) is 18.3 Å². The summed E-state index contributed by atoms with van der Waals surface area (Å²) in [5, 5.41) is 7.58. The average molecular weight is 260 g/mol. The Balaban J connectivity index is 2.51. The van der Waals surface area contributed by atoms with Crippen LogP contribution >= 0.6 is 0 Å². The molecule has 0 fully saturated rings. The van der Waals surface area contributed by atoms with Gasteiger partial charge in [0.15, 0.2) is 0 Å². The zero-order valence-electron chi connectivity index (χ0n) is 9.88. The summed E-state index contributed by atoms with van der Waals surface area (Å²) in [6.45, 7) is 2.08. The van der Waals surface area contributed by atoms with Gasteiger partial charge in [-0.2, -0.15) is 0 Å². The third-order valence-electron chi connectivity index (χ3n) is 1.93. The highest BCUT2D eigenvalue weighted by Crippen LogP contribution is 1.98. The van der Waals surface area contributed by atoms with E-state index in [9.17, 15) is 9.00 Å². The molecule has 0 amide bonds. The van der Waals surface area contributed by atoms with E-state index in [0.29, 0.717) is 18.7 Å². The summed E-state index contributed by atoms with van der Waals surface area (Å²) < 4.78 is 24.6. The number of ether oxygens (including phenoxy) is 1. The topological polar surface area (TPSA) is 97.9 Å². The fourth-order valence-corrected chi connectivity index (χ4v) is 1.77. The van der Waals surface area contributed by atoms with E-state index in [2.05, 4.69) is 10.3 Å². The molecule has 8 heteroatoms. The molecule has 1 N–H and O–H groups in total. The van der Waals surface area contributed by atoms with Crippen LogP contribution in [0.4, 0.5) is 0 Å². The van der Waals surface area contributed by atoms with Crippen LogP contribution in [-0.4, -0.2) is 43.8 Å². The Labute approximate surface area is 100 Å². The van der Waals surface area contributed by atoms with Crippen molar-refractivity contribution in [1.29, 1.82) is 4.78 Å². The first kappa shape index (κ1) is 13.6. The van der Waals surface area contributed by atoms with E-state index in [1.807, 2.05) is 0 Å². The lowest BCUT2D eigenvalue weighted by Gasteiger charge is -2.00. The Hall–Kier alpha value is -1.44. The SMILES string of the molecule is CCOC(=O)Cn1cc(CCS(C)(=N)=O)nn1. The molecular weight excluding hydrogens is 244 g/mol. The lowest BCUT2D eigenvalue weighted by Crippen LogP contribution is -2.13. The van der Waals surface area contributed by atoms with E-state index >= 15 is 0 Å². The maximum Gasteiger partial charge on any atom is 0.327 e. The van der Waals surface area contributed by atoms with Gasteiger partial charge in [-0.25, -0.2) is 4.68 Å². The maximum absolute atomic E-state index is 11.2. The summed E-state index contributed by atoms with van der Waals surface area (Å²) >= 11 is 0. The Morgan fingerprint density at radius 1 is 1.65 bits per heavy atom. The van der Waals surface area contributed by atoms with Crippen molar-refractivity contribution in [3.8, 4) is 0 Å². The highest BCUT2D eigenvalue weighted by atomic mass is 32.2. The smallest absolute Gasteiger partial charge is 0.327 e. The molecular formula is C9H16N4O3S. The van der Waals surface area contributed by atoms with Crippen molar-refractivity contribution in [1.82, 2.24) is 15.0 Å². The van der Waals surface area contributed by atoms with E-state index in [1.54, 1.807) is 13.1 Å². The summed E-state index contributed by atoms with van der Waals surface area (Å²) in [5.41, 5.74) is 0.621. The average Bonchev–Trinajstić information content (AvgIpc) is 2.62. The van der Waals surface area contributed by atoms with Crippen molar-refractivity contribution in [2.45, 2.75) is 19.9 Å². The van der Waals surface area contributed by atoms with Crippen molar-refractivity contribution in [2.75, 3.05) is 18.6 Å². The standard InChI is InChI=1S/C9H16N4O3S/c1-3-16-9(14)7-13-6-8(11-12-13)4-5-17(2,10)15/h6,10H,3-5,7H2,1-2H3. The number of aryl methyl sites for hydroxylation is 1. The van der Waals surface area contributed by atoms with E-state index in [1.165, 1.54) is 10.9 Å². The van der Waals surface area contributed by atoms with Crippen LogP contribution in [0.25, 0.3) is 0 Å². The monoisotopic (exact) mass is 260 g/mol. The number of carbonyl (C=O) groups excluding carboxylic acids is 1. The third kappa shape index (κ3) is 5.43. The van der Waals surface area contributed by atoms with Crippen molar-refractivity contribution in [2.24, 2.45) is 0 Å². The molecule has 1 unspecified atom stereocenters. The molecule has 1 aromatic heterocycles. The highest BCUT2D eigenvalue weighted by Gasteiger charge is 2.07. The lowest BCUT2D eigenvalue weighted by molar-refractivity contribution is -0.144. The van der Waals surface area contributed by atoms with Gasteiger partial charge >= 0.3 is 5.97 Å². The first-order valence-corrected chi connectivity index (χ1v) is 7.30. The minimum absolute atomic E-state index is 0.0171. The first-order valence-electron chi connectivity index (χ1n) is 5.17. The van der Waals surface area contributed by atoms with Crippen LogP contribution < -0.4 is 0 Å². The van der Waals surface area contributed by atoms with Gasteiger partial charge in [0.25, 0.3) is 0 Å². The Bertz CT molecular complexity index is 480. The van der Waals surface area contributed by atoms with Gasteiger partial charge in [0.2, 0.25) is 0 Å². The van der Waals surface area contributed by atoms with Gasteiger partial charge in [-0.3, -0.25) is 13.8 Å². The summed E-state index contributed by atoms with van der Waals surface area (Å²) in [4.78, 5) is 11.2. The molecule has 0 aliphatic heterocycles. The molecule has 17 heavy (non-hydrogen) atoms. The number of hydrogen-bond donors (Lipinski definition) is 1. The minimum Gasteiger partial charge on any atom is -0.465 e. The molecule has 1 atom stereocenters. The second-order valence-electron chi connectivity index (χ2n) is 3.67. The molecule has 1 heterocycles. The Kier molecular flexibility index (Phi) is 4.62. The second kappa shape index (κ2) is 5.76. The lowest BCUT2D eigenvalue weighted by atomic mass is 10.4. The fraction of sp³-hybridized carbons (Fsp3) is 0.667. The van der Waals surface area contributed by atoms with Crippen molar-refractivity contribution in [3.05, 3.63) is 11.9 Å². The minimum atomic E-state index is -2.51. The molecule has 0 saturated heterocycles. The number of aromatic nitrogens is 3. The quantitative estimate of drug-likeness (QED) is 0.729. The molecule has 0 aliphatic carbocycles. The van der Waals surface area contributed by atoms with Gasteiger partial charge < -0.3 is 4.74 Å². The molecule has 0 radical (unpaired) electrons. The number of nitrogens with one attached hydrogen (secondary N) is 1. The normalized spacial score (nSPS) is 14.2. The van der Waals surface area contributed by atoms with Crippen LogP contribution in [0.2, 0.25) is 0 Å². The number of esters is 1. The molecule has 0 aliphatic rings. The fourth-order valence-electron chi connectivity index (χ4n) is 1.17. The molecule has 1 rings (SSSR count). The molecule has 0 bridgehead atoms. The molecule has 1 aromatic rings. The zero-order chi connectivity index (χ0) is 12.9. The van der Waals surface area contributed by atoms with Crippen LogP contribution in [0.1, 0.15) is 12.6 Å². The zero-order valence-corrected chi connectivity index (χ0v) is 10.7. The summed E-state index contributed by atoms with van der Waals surface area (Å²) in [6, 6.07) is 0. The van der Waals surface area contributed by atoms with Gasteiger partial charge in [0.1, 0.15) is 6.54 Å². The van der Waals surface area contributed by atoms with Crippen LogP contribution in [0.3, 0.4) is 0 Å². The largest absolute Gasteiger partial charge is 0.465 e. The highest BCUT2D eigenvalue weighted by molar-refractivity contribution is 7.91. The Morgan fingerprint density at radius 2 is 2.35 bits per heavy atom. The van der Waals surface area contributed by atoms with Crippen LogP contribution in [-0.2, 0) is 32.2 Å². The van der Waals surface area contributed by atoms with E-state index in [4.69, 9.17) is 9.52 Å². The Morgan fingerprint density at radius 3 is 2.94 bits per heavy atom. The van der Waals surface area contributed by atoms with Gasteiger partial charge in [0.05, 0.1) is 12.3 Å². The summed E-state index contributed by atoms with van der Waals surface area (Å²) in [6.07, 6.45) is 3.40. The number of hydrogen-bond acceptors (Lipinski definition) is 6. The van der Waals surface area contributed by atoms with Gasteiger partial charge in [0, 0.05) is 34.4 Å². The predicted octanol–water partition coefficient (Wildman–Crippen LogP) is 0.0603.